The van der Waals surface area contributed by atoms with Crippen LogP contribution in [0.2, 0.25) is 0 Å². The fourth-order valence-electron chi connectivity index (χ4n) is 2.30. The Morgan fingerprint density at radius 1 is 1.41 bits per heavy atom. The van der Waals surface area contributed by atoms with E-state index < -0.39 is 0 Å². The molecule has 1 atom stereocenters. The Bertz CT molecular complexity index is 437. The van der Waals surface area contributed by atoms with Crippen LogP contribution in [0.5, 0.6) is 0 Å². The number of nitrogens with zero attached hydrogens (tertiary/aromatic N) is 2. The van der Waals surface area contributed by atoms with Crippen molar-refractivity contribution in [2.75, 3.05) is 19.6 Å². The summed E-state index contributed by atoms with van der Waals surface area (Å²) in [6, 6.07) is 5.83. The van der Waals surface area contributed by atoms with Gasteiger partial charge < -0.3 is 4.90 Å². The molecule has 1 unspecified atom stereocenters. The minimum atomic E-state index is -0.111. The van der Waals surface area contributed by atoms with Gasteiger partial charge in [-0.25, -0.2) is 0 Å². The minimum Gasteiger partial charge on any atom is -0.340 e. The highest BCUT2D eigenvalue weighted by Gasteiger charge is 2.35. The maximum Gasteiger partial charge on any atom is 0.243 e. The molecular formula is C13H15N3O. The van der Waals surface area contributed by atoms with Gasteiger partial charge in [0.15, 0.2) is 0 Å². The van der Waals surface area contributed by atoms with E-state index in [1.165, 1.54) is 0 Å². The van der Waals surface area contributed by atoms with Gasteiger partial charge in [0, 0.05) is 37.4 Å². The third-order valence-corrected chi connectivity index (χ3v) is 3.35. The molecule has 0 saturated carbocycles. The molecule has 0 aromatic carbocycles. The molecule has 2 aliphatic heterocycles. The number of aromatic nitrogens is 1. The fraction of sp³-hybridized carbons (Fsp3) is 0.385. The van der Waals surface area contributed by atoms with Crippen LogP contribution in [0.4, 0.5) is 0 Å². The van der Waals surface area contributed by atoms with Crippen molar-refractivity contribution >= 4 is 5.91 Å². The lowest BCUT2D eigenvalue weighted by Gasteiger charge is -2.40. The highest BCUT2D eigenvalue weighted by atomic mass is 16.2. The van der Waals surface area contributed by atoms with Gasteiger partial charge in [0.2, 0.25) is 5.91 Å². The molecule has 0 aliphatic carbocycles. The molecule has 1 amide bonds. The molecule has 1 fully saturated rings. The van der Waals surface area contributed by atoms with E-state index in [4.69, 9.17) is 0 Å². The van der Waals surface area contributed by atoms with E-state index in [0.29, 0.717) is 5.92 Å². The van der Waals surface area contributed by atoms with Gasteiger partial charge >= 0.3 is 0 Å². The molecule has 1 aromatic rings. The average Bonchev–Trinajstić information content (AvgIpc) is 2.81. The van der Waals surface area contributed by atoms with Crippen LogP contribution in [-0.4, -0.2) is 41.5 Å². The molecule has 0 bridgehead atoms. The zero-order valence-electron chi connectivity index (χ0n) is 9.54. The summed E-state index contributed by atoms with van der Waals surface area (Å²) < 4.78 is 0. The van der Waals surface area contributed by atoms with E-state index in [1.54, 1.807) is 6.20 Å². The summed E-state index contributed by atoms with van der Waals surface area (Å²) in [7, 11) is 0. The topological polar surface area (TPSA) is 45.2 Å². The van der Waals surface area contributed by atoms with Crippen LogP contribution in [0.3, 0.4) is 0 Å². The first-order valence-electron chi connectivity index (χ1n) is 5.94. The lowest BCUT2D eigenvalue weighted by atomic mass is 9.95. The van der Waals surface area contributed by atoms with E-state index in [2.05, 4.69) is 10.3 Å². The van der Waals surface area contributed by atoms with Crippen LogP contribution in [0.15, 0.2) is 36.5 Å². The van der Waals surface area contributed by atoms with Crippen molar-refractivity contribution in [2.24, 2.45) is 0 Å². The number of amides is 1. The van der Waals surface area contributed by atoms with Gasteiger partial charge in [0.25, 0.3) is 0 Å². The predicted molar refractivity (Wildman–Crippen MR) is 64.5 cm³/mol. The highest BCUT2D eigenvalue weighted by molar-refractivity contribution is 5.85. The van der Waals surface area contributed by atoms with E-state index >= 15 is 0 Å². The standard InChI is InChI=1S/C13H15N3O/c17-13(12-5-3-7-15-12)16-8-10(9-16)11-4-1-2-6-14-11/h1-6,10,12,15H,7-9H2. The number of carbonyl (C=O) groups excluding carboxylic acids is 1. The second-order valence-electron chi connectivity index (χ2n) is 4.51. The minimum absolute atomic E-state index is 0.111. The maximum atomic E-state index is 12.0. The molecule has 0 radical (unpaired) electrons. The number of hydrogen-bond donors (Lipinski definition) is 1. The fourth-order valence-corrected chi connectivity index (χ4v) is 2.30. The summed E-state index contributed by atoms with van der Waals surface area (Å²) in [5.41, 5.74) is 1.09. The maximum absolute atomic E-state index is 12.0. The Morgan fingerprint density at radius 2 is 2.29 bits per heavy atom. The van der Waals surface area contributed by atoms with Crippen LogP contribution in [0.25, 0.3) is 0 Å². The predicted octanol–water partition coefficient (Wildman–Crippen LogP) is 0.535. The van der Waals surface area contributed by atoms with Crippen LogP contribution in [-0.2, 0) is 4.79 Å². The first-order valence-corrected chi connectivity index (χ1v) is 5.94. The highest BCUT2D eigenvalue weighted by Crippen LogP contribution is 2.26. The zero-order chi connectivity index (χ0) is 11.7. The lowest BCUT2D eigenvalue weighted by molar-refractivity contribution is -0.136. The van der Waals surface area contributed by atoms with Crippen molar-refractivity contribution in [2.45, 2.75) is 12.0 Å². The summed E-state index contributed by atoms with van der Waals surface area (Å²) in [6.07, 6.45) is 5.75. The number of nitrogens with one attached hydrogen (secondary N) is 1. The largest absolute Gasteiger partial charge is 0.340 e. The Kier molecular flexibility index (Phi) is 2.65. The van der Waals surface area contributed by atoms with Crippen molar-refractivity contribution in [3.63, 3.8) is 0 Å². The van der Waals surface area contributed by atoms with Crippen molar-refractivity contribution in [1.82, 2.24) is 15.2 Å². The molecule has 4 heteroatoms. The summed E-state index contributed by atoms with van der Waals surface area (Å²) in [4.78, 5) is 18.2. The van der Waals surface area contributed by atoms with Crippen molar-refractivity contribution < 1.29 is 4.79 Å². The number of pyridine rings is 1. The molecular weight excluding hydrogens is 214 g/mol. The number of hydrogen-bond acceptors (Lipinski definition) is 3. The first-order chi connectivity index (χ1) is 8.34. The molecule has 1 aromatic heterocycles. The van der Waals surface area contributed by atoms with Gasteiger partial charge in [-0.15, -0.1) is 0 Å². The number of rotatable bonds is 2. The zero-order valence-corrected chi connectivity index (χ0v) is 9.54. The number of carbonyl (C=O) groups is 1. The second-order valence-corrected chi connectivity index (χ2v) is 4.51. The summed E-state index contributed by atoms with van der Waals surface area (Å²) >= 11 is 0. The van der Waals surface area contributed by atoms with Gasteiger partial charge in [-0.3, -0.25) is 15.1 Å². The Morgan fingerprint density at radius 3 is 2.94 bits per heavy atom. The SMILES string of the molecule is O=C(C1C=CCN1)N1CC(c2ccccn2)C1. The van der Waals surface area contributed by atoms with Crippen molar-refractivity contribution in [3.8, 4) is 0 Å². The molecule has 17 heavy (non-hydrogen) atoms. The average molecular weight is 229 g/mol. The summed E-state index contributed by atoms with van der Waals surface area (Å²) in [5.74, 6) is 0.594. The Balaban J connectivity index is 1.58. The molecule has 2 aliphatic rings. The molecule has 1 N–H and O–H groups in total. The van der Waals surface area contributed by atoms with Crippen molar-refractivity contribution in [3.05, 3.63) is 42.2 Å². The normalized spacial score (nSPS) is 23.8. The Hall–Kier alpha value is -1.68. The molecule has 0 spiro atoms. The van der Waals surface area contributed by atoms with Crippen molar-refractivity contribution in [1.29, 1.82) is 0 Å². The van der Waals surface area contributed by atoms with Crippen LogP contribution in [0.1, 0.15) is 11.6 Å². The van der Waals surface area contributed by atoms with Gasteiger partial charge in [-0.1, -0.05) is 18.2 Å². The third kappa shape index (κ3) is 1.96. The smallest absolute Gasteiger partial charge is 0.243 e. The van der Waals surface area contributed by atoms with E-state index in [1.807, 2.05) is 35.3 Å². The van der Waals surface area contributed by atoms with E-state index in [9.17, 15) is 4.79 Å². The Labute approximate surface area is 100 Å². The van der Waals surface area contributed by atoms with Gasteiger partial charge in [-0.2, -0.15) is 0 Å². The number of likely N-dealkylation sites (tertiary alicyclic amines) is 1. The second kappa shape index (κ2) is 4.30. The monoisotopic (exact) mass is 229 g/mol. The summed E-state index contributed by atoms with van der Waals surface area (Å²) in [6.45, 7) is 2.39. The lowest BCUT2D eigenvalue weighted by Crippen LogP contribution is -2.54. The van der Waals surface area contributed by atoms with E-state index in [-0.39, 0.29) is 11.9 Å². The summed E-state index contributed by atoms with van der Waals surface area (Å²) in [5, 5.41) is 3.14. The molecule has 1 saturated heterocycles. The first kappa shape index (κ1) is 10.5. The van der Waals surface area contributed by atoms with Crippen LogP contribution in [0, 0.1) is 0 Å². The van der Waals surface area contributed by atoms with Crippen LogP contribution >= 0.6 is 0 Å². The van der Waals surface area contributed by atoms with Crippen LogP contribution < -0.4 is 5.32 Å². The van der Waals surface area contributed by atoms with E-state index in [0.717, 1.165) is 25.3 Å². The third-order valence-electron chi connectivity index (χ3n) is 3.35. The van der Waals surface area contributed by atoms with Gasteiger partial charge in [0.05, 0.1) is 0 Å². The quantitative estimate of drug-likeness (QED) is 0.753. The molecule has 4 nitrogen and oxygen atoms in total. The van der Waals surface area contributed by atoms with Gasteiger partial charge in [-0.05, 0) is 12.1 Å². The molecule has 3 heterocycles. The van der Waals surface area contributed by atoms with Gasteiger partial charge in [0.1, 0.15) is 6.04 Å². The molecule has 3 rings (SSSR count). The molecule has 88 valence electrons.